The van der Waals surface area contributed by atoms with Gasteiger partial charge in [0.25, 0.3) is 0 Å². The first-order valence-electron chi connectivity index (χ1n) is 10.7. The Hall–Kier alpha value is -2.45. The van der Waals surface area contributed by atoms with E-state index in [9.17, 15) is 20.4 Å². The number of rotatable bonds is 6. The standard InChI is InChI=1S/C26H27ClO6/c1-32-20-9-6-17(7-10-20)16-4-2-15(3-5-16)12-19-13-18(8-11-21(19)27)26-25(31)24(30)23(29)22(14-28)33-26/h2-11,13,22-26,28-31H,12,14H2,1H3/t22-,23-,24+,25-,26+/m1/s1. The quantitative estimate of drug-likeness (QED) is 0.442. The van der Waals surface area contributed by atoms with Crippen LogP contribution in [0.1, 0.15) is 22.8 Å². The van der Waals surface area contributed by atoms with E-state index in [0.29, 0.717) is 17.0 Å². The summed E-state index contributed by atoms with van der Waals surface area (Å²) in [5, 5.41) is 40.6. The lowest BCUT2D eigenvalue weighted by Gasteiger charge is -2.40. The van der Waals surface area contributed by atoms with Crippen molar-refractivity contribution in [1.82, 2.24) is 0 Å². The molecule has 1 saturated heterocycles. The Labute approximate surface area is 197 Å². The molecule has 0 aliphatic carbocycles. The van der Waals surface area contributed by atoms with Crippen LogP contribution in [-0.4, -0.2) is 58.6 Å². The molecule has 0 radical (unpaired) electrons. The van der Waals surface area contributed by atoms with Crippen LogP contribution in [0.3, 0.4) is 0 Å². The Bertz CT molecular complexity index is 1070. The first-order valence-corrected chi connectivity index (χ1v) is 11.1. The molecule has 1 aliphatic rings. The van der Waals surface area contributed by atoms with Crippen LogP contribution in [0.2, 0.25) is 5.02 Å². The summed E-state index contributed by atoms with van der Waals surface area (Å²) >= 11 is 6.44. The van der Waals surface area contributed by atoms with Gasteiger partial charge < -0.3 is 29.9 Å². The zero-order chi connectivity index (χ0) is 23.5. The van der Waals surface area contributed by atoms with Gasteiger partial charge in [0.1, 0.15) is 36.3 Å². The third-order valence-electron chi connectivity index (χ3n) is 6.06. The van der Waals surface area contributed by atoms with Gasteiger partial charge in [0.15, 0.2) is 0 Å². The van der Waals surface area contributed by atoms with Crippen molar-refractivity contribution in [2.24, 2.45) is 0 Å². The molecule has 4 N–H and O–H groups in total. The number of aliphatic hydroxyl groups excluding tert-OH is 4. The van der Waals surface area contributed by atoms with Crippen molar-refractivity contribution in [1.29, 1.82) is 0 Å². The van der Waals surface area contributed by atoms with Crippen LogP contribution in [0, 0.1) is 0 Å². The average Bonchev–Trinajstić information content (AvgIpc) is 2.85. The molecule has 1 aliphatic heterocycles. The van der Waals surface area contributed by atoms with Crippen molar-refractivity contribution < 1.29 is 29.9 Å². The molecule has 3 aromatic carbocycles. The minimum atomic E-state index is -1.43. The Morgan fingerprint density at radius 1 is 0.848 bits per heavy atom. The highest BCUT2D eigenvalue weighted by atomic mass is 35.5. The van der Waals surface area contributed by atoms with Gasteiger partial charge in [-0.1, -0.05) is 60.1 Å². The molecule has 33 heavy (non-hydrogen) atoms. The maximum Gasteiger partial charge on any atom is 0.118 e. The average molecular weight is 471 g/mol. The highest BCUT2D eigenvalue weighted by Crippen LogP contribution is 2.34. The molecule has 1 heterocycles. The van der Waals surface area contributed by atoms with E-state index in [1.165, 1.54) is 0 Å². The van der Waals surface area contributed by atoms with Crippen LogP contribution < -0.4 is 4.74 Å². The fraction of sp³-hybridized carbons (Fsp3) is 0.308. The first kappa shape index (κ1) is 23.7. The summed E-state index contributed by atoms with van der Waals surface area (Å²) in [6, 6.07) is 21.3. The minimum absolute atomic E-state index is 0.470. The summed E-state index contributed by atoms with van der Waals surface area (Å²) in [6.07, 6.45) is -5.44. The lowest BCUT2D eigenvalue weighted by molar-refractivity contribution is -0.231. The molecule has 0 saturated carbocycles. The maximum absolute atomic E-state index is 10.4. The van der Waals surface area contributed by atoms with E-state index in [0.717, 1.165) is 28.0 Å². The molecule has 0 aromatic heterocycles. The predicted molar refractivity (Wildman–Crippen MR) is 125 cm³/mol. The highest BCUT2D eigenvalue weighted by Gasteiger charge is 2.44. The normalized spacial score (nSPS) is 25.1. The molecule has 5 atom stereocenters. The zero-order valence-corrected chi connectivity index (χ0v) is 18.9. The SMILES string of the molecule is COc1ccc(-c2ccc(Cc3cc([C@@H]4O[C@H](CO)[C@@H](O)[C@H](O)[C@H]4O)ccc3Cl)cc2)cc1. The summed E-state index contributed by atoms with van der Waals surface area (Å²) in [4.78, 5) is 0. The summed E-state index contributed by atoms with van der Waals surface area (Å²) in [5.41, 5.74) is 4.68. The molecule has 7 heteroatoms. The van der Waals surface area contributed by atoms with Gasteiger partial charge in [0, 0.05) is 5.02 Å². The van der Waals surface area contributed by atoms with Gasteiger partial charge in [0.05, 0.1) is 13.7 Å². The van der Waals surface area contributed by atoms with Gasteiger partial charge in [-0.05, 0) is 52.4 Å². The fourth-order valence-electron chi connectivity index (χ4n) is 4.10. The summed E-state index contributed by atoms with van der Waals surface area (Å²) < 4.78 is 10.9. The van der Waals surface area contributed by atoms with Gasteiger partial charge in [-0.25, -0.2) is 0 Å². The minimum Gasteiger partial charge on any atom is -0.497 e. The number of benzene rings is 3. The lowest BCUT2D eigenvalue weighted by atomic mass is 9.90. The van der Waals surface area contributed by atoms with E-state index < -0.39 is 37.1 Å². The van der Waals surface area contributed by atoms with Crippen LogP contribution >= 0.6 is 11.6 Å². The summed E-state index contributed by atoms with van der Waals surface area (Å²) in [5.74, 6) is 0.810. The predicted octanol–water partition coefficient (Wildman–Crippen LogP) is 3.12. The monoisotopic (exact) mass is 470 g/mol. The van der Waals surface area contributed by atoms with Gasteiger partial charge in [-0.2, -0.15) is 0 Å². The molecular formula is C26H27ClO6. The molecular weight excluding hydrogens is 444 g/mol. The highest BCUT2D eigenvalue weighted by molar-refractivity contribution is 6.31. The van der Waals surface area contributed by atoms with Gasteiger partial charge >= 0.3 is 0 Å². The smallest absolute Gasteiger partial charge is 0.118 e. The van der Waals surface area contributed by atoms with E-state index in [-0.39, 0.29) is 0 Å². The second kappa shape index (κ2) is 10.2. The van der Waals surface area contributed by atoms with E-state index in [4.69, 9.17) is 21.1 Å². The fourth-order valence-corrected chi connectivity index (χ4v) is 4.29. The van der Waals surface area contributed by atoms with Gasteiger partial charge in [0.2, 0.25) is 0 Å². The summed E-state index contributed by atoms with van der Waals surface area (Å²) in [6.45, 7) is -0.470. The molecule has 6 nitrogen and oxygen atoms in total. The lowest BCUT2D eigenvalue weighted by Crippen LogP contribution is -2.55. The number of methoxy groups -OCH3 is 1. The Balaban J connectivity index is 1.53. The van der Waals surface area contributed by atoms with Gasteiger partial charge in [-0.3, -0.25) is 0 Å². The number of halogens is 1. The number of hydrogen-bond donors (Lipinski definition) is 4. The number of aliphatic hydroxyl groups is 4. The van der Waals surface area contributed by atoms with E-state index >= 15 is 0 Å². The molecule has 3 aromatic rings. The second-order valence-corrected chi connectivity index (χ2v) is 8.61. The van der Waals surface area contributed by atoms with E-state index in [1.807, 2.05) is 54.6 Å². The zero-order valence-electron chi connectivity index (χ0n) is 18.1. The largest absolute Gasteiger partial charge is 0.497 e. The molecule has 0 bridgehead atoms. The van der Waals surface area contributed by atoms with Crippen LogP contribution in [-0.2, 0) is 11.2 Å². The third kappa shape index (κ3) is 5.06. The molecule has 4 rings (SSSR count). The Morgan fingerprint density at radius 3 is 2.09 bits per heavy atom. The van der Waals surface area contributed by atoms with Crippen molar-refractivity contribution in [3.63, 3.8) is 0 Å². The molecule has 0 unspecified atom stereocenters. The Kier molecular flexibility index (Phi) is 7.34. The van der Waals surface area contributed by atoms with Crippen molar-refractivity contribution in [3.05, 3.63) is 88.4 Å². The number of hydrogen-bond acceptors (Lipinski definition) is 6. The van der Waals surface area contributed by atoms with Crippen molar-refractivity contribution in [3.8, 4) is 16.9 Å². The van der Waals surface area contributed by atoms with Crippen molar-refractivity contribution in [2.75, 3.05) is 13.7 Å². The molecule has 1 fully saturated rings. The topological polar surface area (TPSA) is 99.4 Å². The van der Waals surface area contributed by atoms with E-state index in [2.05, 4.69) is 0 Å². The van der Waals surface area contributed by atoms with Crippen molar-refractivity contribution in [2.45, 2.75) is 36.9 Å². The molecule has 174 valence electrons. The molecule has 0 amide bonds. The third-order valence-corrected chi connectivity index (χ3v) is 6.43. The molecule has 0 spiro atoms. The van der Waals surface area contributed by atoms with Crippen molar-refractivity contribution >= 4 is 11.6 Å². The Morgan fingerprint density at radius 2 is 1.48 bits per heavy atom. The first-order chi connectivity index (χ1) is 15.9. The van der Waals surface area contributed by atoms with Crippen LogP contribution in [0.4, 0.5) is 0 Å². The van der Waals surface area contributed by atoms with E-state index in [1.54, 1.807) is 19.2 Å². The van der Waals surface area contributed by atoms with Crippen LogP contribution in [0.15, 0.2) is 66.7 Å². The maximum atomic E-state index is 10.4. The van der Waals surface area contributed by atoms with Crippen LogP contribution in [0.25, 0.3) is 11.1 Å². The second-order valence-electron chi connectivity index (χ2n) is 8.20. The number of ether oxygens (including phenoxy) is 2. The van der Waals surface area contributed by atoms with Crippen LogP contribution in [0.5, 0.6) is 5.75 Å². The van der Waals surface area contributed by atoms with Gasteiger partial charge in [-0.15, -0.1) is 0 Å². The summed E-state index contributed by atoms with van der Waals surface area (Å²) in [7, 11) is 1.64.